The molecule has 0 unspecified atom stereocenters. The fourth-order valence-electron chi connectivity index (χ4n) is 10.2. The van der Waals surface area contributed by atoms with E-state index in [0.29, 0.717) is 22.2 Å². The number of benzene rings is 6. The predicted octanol–water partition coefficient (Wildman–Crippen LogP) is 12.4. The molecule has 0 spiro atoms. The van der Waals surface area contributed by atoms with E-state index in [4.69, 9.17) is 51.5 Å². The van der Waals surface area contributed by atoms with Crippen molar-refractivity contribution >= 4 is 23.5 Å². The van der Waals surface area contributed by atoms with Crippen molar-refractivity contribution in [3.05, 3.63) is 264 Å². The third-order valence-corrected chi connectivity index (χ3v) is 16.4. The largest absolute Gasteiger partial charge is 0.411 e. The first-order chi connectivity index (χ1) is 43.1. The SMILES string of the molecule is c1ccc(CO[C@@H]2[C@@H](OCc3ccccc3)[C@@H](O[C@H]3O[C@H](CSc4nnc(-c5ccncc5)o4)[C@@H](OCc4ccccc4)[C@H](OCc4ccccc4)[C@H]3OCc3ccccc3)O[C@H](CSc3nnc(-c4ccncc4)o3)[C@H]2OCc2ccccc2)cc1. The van der Waals surface area contributed by atoms with Crippen molar-refractivity contribution in [2.24, 2.45) is 0 Å². The maximum atomic E-state index is 7.51. The molecule has 17 nitrogen and oxygen atoms in total. The van der Waals surface area contributed by atoms with Gasteiger partial charge in [-0.3, -0.25) is 9.97 Å². The zero-order valence-electron chi connectivity index (χ0n) is 47.4. The molecule has 2 fully saturated rings. The zero-order valence-corrected chi connectivity index (χ0v) is 49.0. The van der Waals surface area contributed by atoms with Gasteiger partial charge < -0.3 is 51.5 Å². The Labute approximate surface area is 513 Å². The van der Waals surface area contributed by atoms with E-state index in [1.54, 1.807) is 24.8 Å². The van der Waals surface area contributed by atoms with Crippen LogP contribution in [0, 0.1) is 0 Å². The van der Waals surface area contributed by atoms with Crippen molar-refractivity contribution in [3.63, 3.8) is 0 Å². The minimum Gasteiger partial charge on any atom is -0.411 e. The van der Waals surface area contributed by atoms with Crippen LogP contribution in [0.5, 0.6) is 0 Å². The highest BCUT2D eigenvalue weighted by atomic mass is 32.2. The lowest BCUT2D eigenvalue weighted by atomic mass is 9.97. The van der Waals surface area contributed by atoms with Crippen molar-refractivity contribution in [2.75, 3.05) is 11.5 Å². The summed E-state index contributed by atoms with van der Waals surface area (Å²) in [5.41, 5.74) is 7.15. The molecule has 10 atom stereocenters. The number of aromatic nitrogens is 6. The fourth-order valence-corrected chi connectivity index (χ4v) is 11.8. The smallest absolute Gasteiger partial charge is 0.276 e. The van der Waals surface area contributed by atoms with E-state index in [1.165, 1.54) is 23.5 Å². The van der Waals surface area contributed by atoms with Crippen LogP contribution in [0.1, 0.15) is 33.4 Å². The molecule has 0 amide bonds. The number of rotatable bonds is 28. The number of hydrogen-bond acceptors (Lipinski definition) is 19. The fraction of sp³-hybridized carbons (Fsp3) is 0.265. The van der Waals surface area contributed by atoms with Gasteiger partial charge in [-0.15, -0.1) is 20.4 Å². The number of pyridine rings is 2. The molecule has 0 bridgehead atoms. The van der Waals surface area contributed by atoms with E-state index in [9.17, 15) is 0 Å². The molecule has 6 aromatic carbocycles. The van der Waals surface area contributed by atoms with Gasteiger partial charge >= 0.3 is 0 Å². The molecule has 0 N–H and O–H groups in total. The van der Waals surface area contributed by atoms with Gasteiger partial charge in [0.25, 0.3) is 10.4 Å². The Balaban J connectivity index is 0.942. The summed E-state index contributed by atoms with van der Waals surface area (Å²) in [7, 11) is 0. The third kappa shape index (κ3) is 16.5. The van der Waals surface area contributed by atoms with E-state index in [2.05, 4.69) is 30.4 Å². The molecule has 4 aromatic heterocycles. The molecule has 0 radical (unpaired) electrons. The van der Waals surface area contributed by atoms with E-state index in [1.807, 2.05) is 206 Å². The summed E-state index contributed by atoms with van der Waals surface area (Å²) in [5, 5.41) is 18.3. The molecule has 0 saturated carbocycles. The molecule has 0 aliphatic carbocycles. The Morgan fingerprint density at radius 3 is 0.885 bits per heavy atom. The Hall–Kier alpha value is -7.76. The van der Waals surface area contributed by atoms with E-state index < -0.39 is 61.4 Å². The summed E-state index contributed by atoms with van der Waals surface area (Å²) in [6, 6.07) is 67.2. The highest BCUT2D eigenvalue weighted by molar-refractivity contribution is 7.99. The second kappa shape index (κ2) is 30.7. The van der Waals surface area contributed by atoms with Gasteiger partial charge in [-0.2, -0.15) is 0 Å². The summed E-state index contributed by atoms with van der Waals surface area (Å²) < 4.78 is 77.6. The quantitative estimate of drug-likeness (QED) is 0.0421. The van der Waals surface area contributed by atoms with Gasteiger partial charge in [0.15, 0.2) is 12.6 Å². The van der Waals surface area contributed by atoms with Crippen LogP contribution in [0.4, 0.5) is 0 Å². The molecule has 87 heavy (non-hydrogen) atoms. The highest BCUT2D eigenvalue weighted by Crippen LogP contribution is 2.39. The second-order valence-corrected chi connectivity index (χ2v) is 22.6. The van der Waals surface area contributed by atoms with Crippen molar-refractivity contribution in [3.8, 4) is 22.9 Å². The molecule has 2 saturated heterocycles. The maximum Gasteiger partial charge on any atom is 0.276 e. The minimum absolute atomic E-state index is 0.174. The Morgan fingerprint density at radius 1 is 0.310 bits per heavy atom. The molecule has 2 aliphatic heterocycles. The molecule has 6 heterocycles. The summed E-state index contributed by atoms with van der Waals surface area (Å²) in [4.78, 5) is 8.33. The molecule has 10 aromatic rings. The first-order valence-corrected chi connectivity index (χ1v) is 30.7. The average molecular weight is 1210 g/mol. The topological polar surface area (TPSA) is 187 Å². The standard InChI is InChI=1S/C68H64N6O11S2/c1-7-19-47(20-8-1)39-75-57-55(45-86-67-73-71-63(83-67)53-31-35-69-36-32-53)81-65(61(79-43-51-27-15-5-16-28-51)59(57)77-41-49-23-11-3-12-24-49)85-66-62(80-44-52-29-17-6-18-30-52)60(78-42-50-25-13-4-14-26-50)58(76-40-48-21-9-2-10-22-48)56(82-66)46-87-68-74-72-64(84-68)54-33-37-70-38-34-54/h1-38,55-62,65-66H,39-46H2/t55-,56-,57-,58-,59+,60+,61-,62-,65-,66-/m1/s1. The summed E-state index contributed by atoms with van der Waals surface area (Å²) in [5.74, 6) is 1.23. The molecular formula is C68H64N6O11S2. The number of thioether (sulfide) groups is 2. The molecule has 19 heteroatoms. The number of hydrogen-bond donors (Lipinski definition) is 0. The van der Waals surface area contributed by atoms with Gasteiger partial charge in [0.2, 0.25) is 11.8 Å². The van der Waals surface area contributed by atoms with Crippen LogP contribution >= 0.6 is 23.5 Å². The van der Waals surface area contributed by atoms with Gasteiger partial charge in [-0.25, -0.2) is 0 Å². The molecule has 2 aliphatic rings. The summed E-state index contributed by atoms with van der Waals surface area (Å²) in [6.07, 6.45) is -2.26. The number of ether oxygens (including phenoxy) is 9. The van der Waals surface area contributed by atoms with Gasteiger partial charge in [-0.05, 0) is 57.6 Å². The Bertz CT molecular complexity index is 3340. The molecule has 444 valence electrons. The van der Waals surface area contributed by atoms with E-state index in [0.717, 1.165) is 44.5 Å². The van der Waals surface area contributed by atoms with Crippen LogP contribution in [-0.4, -0.2) is 103 Å². The van der Waals surface area contributed by atoms with Crippen LogP contribution in [0.3, 0.4) is 0 Å². The van der Waals surface area contributed by atoms with Gasteiger partial charge in [-0.1, -0.05) is 206 Å². The first-order valence-electron chi connectivity index (χ1n) is 28.7. The van der Waals surface area contributed by atoms with Crippen LogP contribution in [-0.2, 0) is 82.3 Å². The third-order valence-electron chi connectivity index (χ3n) is 14.6. The van der Waals surface area contributed by atoms with E-state index in [-0.39, 0.29) is 51.1 Å². The van der Waals surface area contributed by atoms with Gasteiger partial charge in [0.1, 0.15) is 36.6 Å². The normalized spacial score (nSPS) is 22.0. The average Bonchev–Trinajstić information content (AvgIpc) is 2.32. The Morgan fingerprint density at radius 2 is 0.586 bits per heavy atom. The maximum absolute atomic E-state index is 7.51. The summed E-state index contributed by atoms with van der Waals surface area (Å²) >= 11 is 2.67. The first kappa shape index (κ1) is 59.6. The predicted molar refractivity (Wildman–Crippen MR) is 325 cm³/mol. The second-order valence-electron chi connectivity index (χ2n) is 20.6. The van der Waals surface area contributed by atoms with Crippen LogP contribution < -0.4 is 0 Å². The van der Waals surface area contributed by atoms with Crippen molar-refractivity contribution in [2.45, 2.75) is 111 Å². The lowest BCUT2D eigenvalue weighted by Gasteiger charge is -2.50. The van der Waals surface area contributed by atoms with Gasteiger partial charge in [0.05, 0.1) is 51.8 Å². The van der Waals surface area contributed by atoms with Gasteiger partial charge in [0, 0.05) is 47.4 Å². The summed E-state index contributed by atoms with van der Waals surface area (Å²) in [6.45, 7) is 1.24. The van der Waals surface area contributed by atoms with Crippen LogP contribution in [0.2, 0.25) is 0 Å². The van der Waals surface area contributed by atoms with Crippen molar-refractivity contribution < 1.29 is 51.5 Å². The molecular weight excluding hydrogens is 1140 g/mol. The van der Waals surface area contributed by atoms with Crippen LogP contribution in [0.15, 0.2) is 250 Å². The lowest BCUT2D eigenvalue weighted by Crippen LogP contribution is -2.65. The van der Waals surface area contributed by atoms with E-state index >= 15 is 0 Å². The monoisotopic (exact) mass is 1200 g/mol. The highest BCUT2D eigenvalue weighted by Gasteiger charge is 2.54. The molecule has 12 rings (SSSR count). The Kier molecular flexibility index (Phi) is 21.0. The van der Waals surface area contributed by atoms with Crippen molar-refractivity contribution in [1.82, 2.24) is 30.4 Å². The zero-order chi connectivity index (χ0) is 58.7. The van der Waals surface area contributed by atoms with Crippen molar-refractivity contribution in [1.29, 1.82) is 0 Å². The minimum atomic E-state index is -1.21. The lowest BCUT2D eigenvalue weighted by molar-refractivity contribution is -0.387. The van der Waals surface area contributed by atoms with Crippen LogP contribution in [0.25, 0.3) is 22.9 Å². The number of nitrogens with zero attached hydrogens (tertiary/aromatic N) is 6.